The largest absolute Gasteiger partial charge is 0.480 e. The van der Waals surface area contributed by atoms with Gasteiger partial charge in [0.25, 0.3) is 0 Å². The molecule has 0 bridgehead atoms. The Morgan fingerprint density at radius 3 is 2.76 bits per heavy atom. The van der Waals surface area contributed by atoms with Crippen LogP contribution in [0.3, 0.4) is 0 Å². The minimum Gasteiger partial charge on any atom is -0.480 e. The molecule has 0 radical (unpaired) electrons. The van der Waals surface area contributed by atoms with Crippen molar-refractivity contribution in [2.24, 2.45) is 0 Å². The van der Waals surface area contributed by atoms with Crippen LogP contribution >= 0.6 is 0 Å². The second kappa shape index (κ2) is 6.41. The molecule has 3 unspecified atom stereocenters. The number of carboxylic acid groups (broad SMARTS) is 1. The van der Waals surface area contributed by atoms with Crippen molar-refractivity contribution in [3.05, 3.63) is 0 Å². The Kier molecular flexibility index (Phi) is 5.17. The lowest BCUT2D eigenvalue weighted by Crippen LogP contribution is -2.51. The summed E-state index contributed by atoms with van der Waals surface area (Å²) in [5.74, 6) is -1.26. The lowest BCUT2D eigenvalue weighted by Gasteiger charge is -2.28. The van der Waals surface area contributed by atoms with E-state index in [1.807, 2.05) is 6.92 Å². The van der Waals surface area contributed by atoms with Crippen molar-refractivity contribution >= 4 is 12.0 Å². The van der Waals surface area contributed by atoms with Crippen LogP contribution in [0.25, 0.3) is 0 Å². The molecule has 1 aliphatic heterocycles. The van der Waals surface area contributed by atoms with E-state index in [0.29, 0.717) is 19.4 Å². The number of aliphatic carboxylic acids is 1. The first-order chi connectivity index (χ1) is 8.02. The van der Waals surface area contributed by atoms with Crippen molar-refractivity contribution in [3.63, 3.8) is 0 Å². The highest BCUT2D eigenvalue weighted by Crippen LogP contribution is 2.12. The Bertz CT molecular complexity index is 284. The first kappa shape index (κ1) is 13.7. The van der Waals surface area contributed by atoms with Crippen molar-refractivity contribution < 1.29 is 24.5 Å². The van der Waals surface area contributed by atoms with E-state index < -0.39 is 24.6 Å². The van der Waals surface area contributed by atoms with Gasteiger partial charge in [0.05, 0.1) is 12.7 Å². The predicted molar refractivity (Wildman–Crippen MR) is 58.6 cm³/mol. The molecule has 0 aromatic rings. The molecule has 7 heteroatoms. The summed E-state index contributed by atoms with van der Waals surface area (Å²) < 4.78 is 5.32. The third-order valence-electron chi connectivity index (χ3n) is 2.61. The van der Waals surface area contributed by atoms with Crippen LogP contribution in [0, 0.1) is 0 Å². The van der Waals surface area contributed by atoms with Crippen LogP contribution in [0.5, 0.6) is 0 Å². The topological polar surface area (TPSA) is 108 Å². The van der Waals surface area contributed by atoms with Gasteiger partial charge in [-0.1, -0.05) is 0 Å². The number of hydrogen-bond donors (Lipinski definition) is 4. The lowest BCUT2D eigenvalue weighted by molar-refractivity contribution is -0.140. The summed E-state index contributed by atoms with van der Waals surface area (Å²) in [6, 6.07) is -1.87. The van der Waals surface area contributed by atoms with Crippen molar-refractivity contribution in [3.8, 4) is 0 Å². The molecule has 3 atom stereocenters. The number of carbonyl (C=O) groups is 2. The van der Waals surface area contributed by atoms with Gasteiger partial charge in [-0.3, -0.25) is 0 Å². The molecule has 1 heterocycles. The molecular weight excluding hydrogens is 228 g/mol. The number of aliphatic hydroxyl groups is 1. The van der Waals surface area contributed by atoms with Crippen LogP contribution in [0.15, 0.2) is 0 Å². The monoisotopic (exact) mass is 246 g/mol. The maximum atomic E-state index is 11.5. The van der Waals surface area contributed by atoms with E-state index in [0.717, 1.165) is 0 Å². The number of urea groups is 1. The number of amides is 2. The summed E-state index contributed by atoms with van der Waals surface area (Å²) in [5, 5.41) is 22.2. The standard InChI is InChI=1S/C10H18N2O5/c1-6-4-7(2-3-17-6)11-10(16)12-8(5-13)9(14)15/h6-8,13H,2-5H2,1H3,(H,14,15)(H2,11,12,16). The molecule has 0 aromatic carbocycles. The molecule has 0 saturated carbocycles. The summed E-state index contributed by atoms with van der Waals surface area (Å²) in [5.41, 5.74) is 0. The van der Waals surface area contributed by atoms with E-state index in [1.54, 1.807) is 0 Å². The zero-order valence-electron chi connectivity index (χ0n) is 9.68. The van der Waals surface area contributed by atoms with Gasteiger partial charge >= 0.3 is 12.0 Å². The van der Waals surface area contributed by atoms with Gasteiger partial charge in [-0.25, -0.2) is 9.59 Å². The van der Waals surface area contributed by atoms with Crippen LogP contribution in [0.1, 0.15) is 19.8 Å². The van der Waals surface area contributed by atoms with Crippen molar-refractivity contribution in [2.45, 2.75) is 38.0 Å². The van der Waals surface area contributed by atoms with Crippen molar-refractivity contribution in [1.82, 2.24) is 10.6 Å². The molecule has 1 saturated heterocycles. The molecule has 0 spiro atoms. The Morgan fingerprint density at radius 1 is 1.53 bits per heavy atom. The van der Waals surface area contributed by atoms with Gasteiger partial charge in [0, 0.05) is 12.6 Å². The van der Waals surface area contributed by atoms with Gasteiger partial charge < -0.3 is 25.6 Å². The first-order valence-electron chi connectivity index (χ1n) is 5.55. The molecule has 0 aromatic heterocycles. The summed E-state index contributed by atoms with van der Waals surface area (Å²) >= 11 is 0. The Morgan fingerprint density at radius 2 is 2.24 bits per heavy atom. The number of rotatable bonds is 4. The van der Waals surface area contributed by atoms with E-state index in [2.05, 4.69) is 10.6 Å². The predicted octanol–water partition coefficient (Wildman–Crippen LogP) is -0.701. The minimum atomic E-state index is -1.27. The first-order valence-corrected chi connectivity index (χ1v) is 5.55. The third kappa shape index (κ3) is 4.58. The fraction of sp³-hybridized carbons (Fsp3) is 0.800. The Hall–Kier alpha value is -1.34. The molecule has 98 valence electrons. The van der Waals surface area contributed by atoms with Crippen LogP contribution in [-0.2, 0) is 9.53 Å². The number of hydrogen-bond acceptors (Lipinski definition) is 4. The van der Waals surface area contributed by atoms with E-state index in [-0.39, 0.29) is 12.1 Å². The highest BCUT2D eigenvalue weighted by molar-refractivity contribution is 5.82. The van der Waals surface area contributed by atoms with Gasteiger partial charge in [-0.05, 0) is 19.8 Å². The number of ether oxygens (including phenoxy) is 1. The minimum absolute atomic E-state index is 0.0214. The van der Waals surface area contributed by atoms with Gasteiger partial charge in [0.1, 0.15) is 0 Å². The molecule has 4 N–H and O–H groups in total. The van der Waals surface area contributed by atoms with Crippen molar-refractivity contribution in [2.75, 3.05) is 13.2 Å². The average molecular weight is 246 g/mol. The van der Waals surface area contributed by atoms with E-state index >= 15 is 0 Å². The SMILES string of the molecule is CC1CC(NC(=O)NC(CO)C(=O)O)CCO1. The van der Waals surface area contributed by atoms with E-state index in [1.165, 1.54) is 0 Å². The van der Waals surface area contributed by atoms with Gasteiger partial charge in [-0.2, -0.15) is 0 Å². The molecule has 17 heavy (non-hydrogen) atoms. The second-order valence-electron chi connectivity index (χ2n) is 4.09. The van der Waals surface area contributed by atoms with Gasteiger partial charge in [-0.15, -0.1) is 0 Å². The van der Waals surface area contributed by atoms with Crippen molar-refractivity contribution in [1.29, 1.82) is 0 Å². The smallest absolute Gasteiger partial charge is 0.328 e. The van der Waals surface area contributed by atoms with Crippen LogP contribution in [0.4, 0.5) is 4.79 Å². The van der Waals surface area contributed by atoms with Crippen LogP contribution in [0.2, 0.25) is 0 Å². The lowest BCUT2D eigenvalue weighted by atomic mass is 10.0. The number of nitrogens with one attached hydrogen (secondary N) is 2. The maximum absolute atomic E-state index is 11.5. The Balaban J connectivity index is 2.35. The van der Waals surface area contributed by atoms with Crippen LogP contribution in [-0.4, -0.2) is 53.6 Å². The Labute approximate surface area is 99.1 Å². The third-order valence-corrected chi connectivity index (χ3v) is 2.61. The molecule has 1 aliphatic rings. The summed E-state index contributed by atoms with van der Waals surface area (Å²) in [6.07, 6.45) is 1.49. The average Bonchev–Trinajstić information content (AvgIpc) is 2.25. The van der Waals surface area contributed by atoms with Gasteiger partial charge in [0.2, 0.25) is 0 Å². The highest BCUT2D eigenvalue weighted by Gasteiger charge is 2.23. The number of carboxylic acids is 1. The van der Waals surface area contributed by atoms with Gasteiger partial charge in [0.15, 0.2) is 6.04 Å². The number of aliphatic hydroxyl groups excluding tert-OH is 1. The zero-order valence-corrected chi connectivity index (χ0v) is 9.68. The molecular formula is C10H18N2O5. The molecule has 2 amide bonds. The molecule has 1 rings (SSSR count). The fourth-order valence-corrected chi connectivity index (χ4v) is 1.70. The summed E-state index contributed by atoms with van der Waals surface area (Å²) in [4.78, 5) is 22.0. The number of carbonyl (C=O) groups excluding carboxylic acids is 1. The van der Waals surface area contributed by atoms with Crippen LogP contribution < -0.4 is 10.6 Å². The summed E-state index contributed by atoms with van der Waals surface area (Å²) in [6.45, 7) is 1.86. The normalized spacial score (nSPS) is 26.0. The maximum Gasteiger partial charge on any atom is 0.328 e. The second-order valence-corrected chi connectivity index (χ2v) is 4.09. The van der Waals surface area contributed by atoms with E-state index in [4.69, 9.17) is 14.9 Å². The summed E-state index contributed by atoms with van der Waals surface area (Å²) in [7, 11) is 0. The molecule has 7 nitrogen and oxygen atoms in total. The zero-order chi connectivity index (χ0) is 12.8. The fourth-order valence-electron chi connectivity index (χ4n) is 1.70. The quantitative estimate of drug-likeness (QED) is 0.524. The molecule has 1 fully saturated rings. The molecule has 0 aliphatic carbocycles. The highest BCUT2D eigenvalue weighted by atomic mass is 16.5. The van der Waals surface area contributed by atoms with E-state index in [9.17, 15) is 9.59 Å².